The van der Waals surface area contributed by atoms with Crippen molar-refractivity contribution >= 4 is 34.8 Å². The number of aromatic amines is 1. The number of hydrogen-bond acceptors (Lipinski definition) is 5. The summed E-state index contributed by atoms with van der Waals surface area (Å²) >= 11 is 0. The van der Waals surface area contributed by atoms with Crippen molar-refractivity contribution in [3.63, 3.8) is 0 Å². The fraction of sp³-hybridized carbons (Fsp3) is 0.241. The van der Waals surface area contributed by atoms with Crippen LogP contribution in [-0.2, 0) is 4.79 Å². The number of nitrogens with two attached hydrogens (primary N) is 1. The zero-order chi connectivity index (χ0) is 26.5. The molecule has 2 aliphatic heterocycles. The molecule has 0 aliphatic carbocycles. The molecule has 2 bridgehead atoms. The molecule has 2 aliphatic rings. The second-order valence-electron chi connectivity index (χ2n) is 10.2. The van der Waals surface area contributed by atoms with Gasteiger partial charge in [-0.2, -0.15) is 9.61 Å². The van der Waals surface area contributed by atoms with Gasteiger partial charge in [0.25, 0.3) is 5.91 Å². The summed E-state index contributed by atoms with van der Waals surface area (Å²) in [7, 11) is 0. The van der Waals surface area contributed by atoms with Crippen LogP contribution >= 0.6 is 0 Å². The number of aliphatic imine (C=N–C) groups is 1. The minimum atomic E-state index is -0.274. The van der Waals surface area contributed by atoms with E-state index in [2.05, 4.69) is 27.2 Å². The van der Waals surface area contributed by atoms with Crippen LogP contribution in [0.15, 0.2) is 72.1 Å². The number of benzene rings is 1. The lowest BCUT2D eigenvalue weighted by atomic mass is 9.86. The number of hydrogen-bond donors (Lipinski definition) is 3. The fourth-order valence-corrected chi connectivity index (χ4v) is 6.37. The molecule has 2 unspecified atom stereocenters. The van der Waals surface area contributed by atoms with E-state index in [1.165, 1.54) is 0 Å². The predicted octanol–water partition coefficient (Wildman–Crippen LogP) is 4.14. The topological polar surface area (TPSA) is 141 Å². The molecule has 1 aromatic carbocycles. The summed E-state index contributed by atoms with van der Waals surface area (Å²) in [6.07, 6.45) is 9.94. The summed E-state index contributed by atoms with van der Waals surface area (Å²) in [6, 6.07) is 16.4. The SMILES string of the molecule is N=CN=C(N)C(=O)N1C2CCC1CC(c1nc3c(-c4ccc(-c5ccccc5)nc4)cnn3c3[nH]ccc13)C2. The molecule has 39 heavy (non-hydrogen) atoms. The summed E-state index contributed by atoms with van der Waals surface area (Å²) in [5.41, 5.74) is 12.4. The summed E-state index contributed by atoms with van der Waals surface area (Å²) in [5.74, 6) is -0.204. The zero-order valence-electron chi connectivity index (χ0n) is 21.2. The molecule has 10 heteroatoms. The minimum Gasteiger partial charge on any atom is -0.379 e. The lowest BCUT2D eigenvalue weighted by Crippen LogP contribution is -2.50. The van der Waals surface area contributed by atoms with Gasteiger partial charge in [0, 0.05) is 52.5 Å². The maximum atomic E-state index is 12.9. The van der Waals surface area contributed by atoms with Crippen LogP contribution in [0, 0.1) is 5.41 Å². The first kappa shape index (κ1) is 23.3. The number of nitrogens with zero attached hydrogens (tertiary/aromatic N) is 6. The number of H-pyrrole nitrogens is 1. The van der Waals surface area contributed by atoms with Crippen molar-refractivity contribution in [1.29, 1.82) is 5.41 Å². The van der Waals surface area contributed by atoms with Gasteiger partial charge in [-0.15, -0.1) is 0 Å². The van der Waals surface area contributed by atoms with Crippen LogP contribution in [0.5, 0.6) is 0 Å². The van der Waals surface area contributed by atoms with E-state index in [-0.39, 0.29) is 29.7 Å². The van der Waals surface area contributed by atoms with E-state index in [1.54, 1.807) is 0 Å². The molecular formula is C29H27N9O. The van der Waals surface area contributed by atoms with Crippen LogP contribution in [0.2, 0.25) is 0 Å². The Morgan fingerprint density at radius 3 is 2.56 bits per heavy atom. The first-order chi connectivity index (χ1) is 19.1. The molecule has 194 valence electrons. The quantitative estimate of drug-likeness (QED) is 0.243. The molecule has 0 radical (unpaired) electrons. The average molecular weight is 518 g/mol. The third-order valence-corrected chi connectivity index (χ3v) is 8.10. The van der Waals surface area contributed by atoms with Gasteiger partial charge in [-0.25, -0.2) is 9.98 Å². The van der Waals surface area contributed by atoms with E-state index in [0.29, 0.717) is 0 Å². The number of piperidine rings is 1. The van der Waals surface area contributed by atoms with Crippen LogP contribution in [0.3, 0.4) is 0 Å². The molecular weight excluding hydrogens is 490 g/mol. The number of amides is 1. The van der Waals surface area contributed by atoms with Gasteiger partial charge in [0.05, 0.1) is 17.6 Å². The Balaban J connectivity index is 1.25. The highest BCUT2D eigenvalue weighted by molar-refractivity contribution is 6.38. The van der Waals surface area contributed by atoms with E-state index < -0.39 is 0 Å². The molecule has 6 heterocycles. The van der Waals surface area contributed by atoms with Crippen LogP contribution < -0.4 is 5.73 Å². The van der Waals surface area contributed by atoms with Crippen LogP contribution in [0.25, 0.3) is 39.1 Å². The lowest BCUT2D eigenvalue weighted by molar-refractivity contribution is -0.128. The lowest BCUT2D eigenvalue weighted by Gasteiger charge is -2.38. The Hall–Kier alpha value is -4.86. The van der Waals surface area contributed by atoms with Crippen molar-refractivity contribution in [3.8, 4) is 22.4 Å². The van der Waals surface area contributed by atoms with E-state index in [1.807, 2.05) is 64.4 Å². The standard InChI is InChI=1S/C29H27N9O/c30-16-34-26(31)29(39)37-20-7-8-21(37)13-19(12-20)25-22-10-11-32-27(22)38-28(36-25)23(15-35-38)18-6-9-24(33-14-18)17-4-2-1-3-5-17/h1-6,9-11,14-16,19-21,32H,7-8,12-13H2,(H3,30,31,34). The number of aromatic nitrogens is 5. The zero-order valence-corrected chi connectivity index (χ0v) is 21.2. The number of carbonyl (C=O) groups excluding carboxylic acids is 1. The van der Waals surface area contributed by atoms with E-state index >= 15 is 0 Å². The van der Waals surface area contributed by atoms with Crippen molar-refractivity contribution in [2.75, 3.05) is 0 Å². The number of fused-ring (bicyclic) bond motifs is 5. The Morgan fingerprint density at radius 1 is 1.05 bits per heavy atom. The van der Waals surface area contributed by atoms with Gasteiger partial charge in [-0.05, 0) is 37.8 Å². The van der Waals surface area contributed by atoms with Crippen molar-refractivity contribution < 1.29 is 4.79 Å². The molecule has 4 N–H and O–H groups in total. The number of nitrogens with one attached hydrogen (secondary N) is 2. The maximum absolute atomic E-state index is 12.9. The van der Waals surface area contributed by atoms with Gasteiger partial charge in [0.15, 0.2) is 11.5 Å². The van der Waals surface area contributed by atoms with Gasteiger partial charge in [0.1, 0.15) is 12.0 Å². The van der Waals surface area contributed by atoms with Gasteiger partial charge < -0.3 is 15.6 Å². The highest BCUT2D eigenvalue weighted by Crippen LogP contribution is 2.44. The van der Waals surface area contributed by atoms with Gasteiger partial charge in [0.2, 0.25) is 0 Å². The summed E-state index contributed by atoms with van der Waals surface area (Å²) in [5, 5.41) is 12.9. The Morgan fingerprint density at radius 2 is 1.85 bits per heavy atom. The molecule has 0 saturated carbocycles. The smallest absolute Gasteiger partial charge is 0.289 e. The second-order valence-corrected chi connectivity index (χ2v) is 10.2. The fourth-order valence-electron chi connectivity index (χ4n) is 6.37. The van der Waals surface area contributed by atoms with Gasteiger partial charge in [-0.1, -0.05) is 36.4 Å². The molecule has 2 saturated heterocycles. The van der Waals surface area contributed by atoms with Crippen molar-refractivity contribution in [2.45, 2.75) is 43.7 Å². The van der Waals surface area contributed by atoms with Crippen LogP contribution in [-0.4, -0.2) is 59.6 Å². The third kappa shape index (κ3) is 3.79. The van der Waals surface area contributed by atoms with E-state index in [4.69, 9.17) is 21.1 Å². The molecule has 10 nitrogen and oxygen atoms in total. The van der Waals surface area contributed by atoms with Gasteiger partial charge >= 0.3 is 0 Å². The number of pyridine rings is 1. The Labute approximate surface area is 224 Å². The predicted molar refractivity (Wildman–Crippen MR) is 150 cm³/mol. The Kier molecular flexibility index (Phi) is 5.46. The van der Waals surface area contributed by atoms with Crippen molar-refractivity contribution in [2.24, 2.45) is 10.7 Å². The van der Waals surface area contributed by atoms with Crippen LogP contribution in [0.4, 0.5) is 0 Å². The first-order valence-corrected chi connectivity index (χ1v) is 13.1. The number of amidine groups is 1. The minimum absolute atomic E-state index is 0.0758. The Bertz CT molecular complexity index is 1720. The highest BCUT2D eigenvalue weighted by Gasteiger charge is 2.45. The van der Waals surface area contributed by atoms with Crippen molar-refractivity contribution in [1.82, 2.24) is 29.5 Å². The molecule has 5 aromatic rings. The van der Waals surface area contributed by atoms with Crippen molar-refractivity contribution in [3.05, 3.63) is 72.8 Å². The van der Waals surface area contributed by atoms with E-state index in [0.717, 1.165) is 76.8 Å². The summed E-state index contributed by atoms with van der Waals surface area (Å²) in [4.78, 5) is 31.8. The largest absolute Gasteiger partial charge is 0.379 e. The molecule has 1 amide bonds. The summed E-state index contributed by atoms with van der Waals surface area (Å²) in [6.45, 7) is 0. The molecule has 2 fully saturated rings. The molecule has 7 rings (SSSR count). The normalized spacial score (nSPS) is 21.1. The number of rotatable bonds is 4. The molecule has 2 atom stereocenters. The highest BCUT2D eigenvalue weighted by atomic mass is 16.2. The monoisotopic (exact) mass is 517 g/mol. The second kappa shape index (κ2) is 9.16. The maximum Gasteiger partial charge on any atom is 0.289 e. The average Bonchev–Trinajstić information content (AvgIpc) is 3.68. The van der Waals surface area contributed by atoms with Crippen LogP contribution in [0.1, 0.15) is 37.3 Å². The first-order valence-electron chi connectivity index (χ1n) is 13.1. The van der Waals surface area contributed by atoms with Gasteiger partial charge in [-0.3, -0.25) is 15.2 Å². The molecule has 4 aromatic heterocycles. The number of carbonyl (C=O) groups is 1. The molecule has 0 spiro atoms. The summed E-state index contributed by atoms with van der Waals surface area (Å²) < 4.78 is 1.86. The van der Waals surface area contributed by atoms with E-state index in [9.17, 15) is 4.79 Å². The third-order valence-electron chi connectivity index (χ3n) is 8.10.